The van der Waals surface area contributed by atoms with Crippen LogP contribution in [0.3, 0.4) is 0 Å². The summed E-state index contributed by atoms with van der Waals surface area (Å²) in [4.78, 5) is 11.8. The topological polar surface area (TPSA) is 89.3 Å². The van der Waals surface area contributed by atoms with Crippen LogP contribution in [0.2, 0.25) is 5.02 Å². The lowest BCUT2D eigenvalue weighted by Gasteiger charge is -2.07. The molecule has 0 saturated heterocycles. The predicted octanol–water partition coefficient (Wildman–Crippen LogP) is 2.40. The molecule has 5 nitrogen and oxygen atoms in total. The van der Waals surface area contributed by atoms with Gasteiger partial charge in [0.2, 0.25) is 5.91 Å². The second-order valence-corrected chi connectivity index (χ2v) is 7.55. The Balaban J connectivity index is 2.10. The summed E-state index contributed by atoms with van der Waals surface area (Å²) in [5.74, 6) is -1.28. The van der Waals surface area contributed by atoms with E-state index in [9.17, 15) is 13.2 Å². The van der Waals surface area contributed by atoms with Crippen molar-refractivity contribution >= 4 is 50.1 Å². The Morgan fingerprint density at radius 3 is 2.70 bits per heavy atom. The molecule has 0 aliphatic carbocycles. The summed E-state index contributed by atoms with van der Waals surface area (Å²) in [7, 11) is -3.62. The van der Waals surface area contributed by atoms with Gasteiger partial charge in [-0.2, -0.15) is 0 Å². The lowest BCUT2D eigenvalue weighted by molar-refractivity contribution is -0.113. The number of carbonyl (C=O) groups is 1. The highest BCUT2D eigenvalue weighted by Gasteiger charge is 2.20. The molecular formula is C12H11ClN2O3S2. The highest BCUT2D eigenvalue weighted by molar-refractivity contribution is 7.94. The quantitative estimate of drug-likeness (QED) is 0.842. The first-order valence-corrected chi connectivity index (χ1v) is 8.40. The van der Waals surface area contributed by atoms with Crippen LogP contribution in [0, 0.1) is 0 Å². The number of halogens is 1. The van der Waals surface area contributed by atoms with Crippen LogP contribution in [0.5, 0.6) is 0 Å². The highest BCUT2D eigenvalue weighted by Crippen LogP contribution is 2.24. The van der Waals surface area contributed by atoms with E-state index in [1.54, 1.807) is 17.5 Å². The summed E-state index contributed by atoms with van der Waals surface area (Å²) < 4.78 is 24.0. The molecule has 1 aromatic carbocycles. The zero-order chi connectivity index (χ0) is 14.8. The van der Waals surface area contributed by atoms with Crippen molar-refractivity contribution in [2.45, 2.75) is 4.21 Å². The van der Waals surface area contributed by atoms with Gasteiger partial charge in [-0.25, -0.2) is 8.42 Å². The number of carbonyl (C=O) groups excluding carboxylic acids is 1. The Morgan fingerprint density at radius 1 is 1.35 bits per heavy atom. The number of thiophene rings is 1. The molecule has 0 aliphatic rings. The highest BCUT2D eigenvalue weighted by atomic mass is 35.5. The monoisotopic (exact) mass is 330 g/mol. The second-order valence-electron chi connectivity index (χ2n) is 3.98. The predicted molar refractivity (Wildman–Crippen MR) is 80.9 cm³/mol. The van der Waals surface area contributed by atoms with E-state index in [1.165, 1.54) is 18.2 Å². The van der Waals surface area contributed by atoms with Gasteiger partial charge in [0.05, 0.1) is 10.7 Å². The smallest absolute Gasteiger partial charge is 0.240 e. The van der Waals surface area contributed by atoms with Crippen molar-refractivity contribution in [3.8, 4) is 0 Å². The van der Waals surface area contributed by atoms with Gasteiger partial charge < -0.3 is 11.1 Å². The SMILES string of the molecule is Nc1ccc(NC(=O)CS(=O)(=O)c2cccs2)c(Cl)c1. The van der Waals surface area contributed by atoms with Crippen LogP contribution in [-0.4, -0.2) is 20.1 Å². The minimum Gasteiger partial charge on any atom is -0.399 e. The molecule has 0 radical (unpaired) electrons. The van der Waals surface area contributed by atoms with Gasteiger partial charge in [-0.3, -0.25) is 4.79 Å². The van der Waals surface area contributed by atoms with Crippen LogP contribution < -0.4 is 11.1 Å². The van der Waals surface area contributed by atoms with Gasteiger partial charge in [-0.15, -0.1) is 11.3 Å². The number of sulfone groups is 1. The molecule has 0 saturated carbocycles. The molecule has 1 heterocycles. The second kappa shape index (κ2) is 5.82. The summed E-state index contributed by atoms with van der Waals surface area (Å²) >= 11 is 6.97. The fourth-order valence-corrected chi connectivity index (χ4v) is 3.96. The van der Waals surface area contributed by atoms with Crippen molar-refractivity contribution in [1.82, 2.24) is 0 Å². The van der Waals surface area contributed by atoms with Gasteiger partial charge in [0.1, 0.15) is 9.96 Å². The molecule has 20 heavy (non-hydrogen) atoms. The number of nitrogens with two attached hydrogens (primary N) is 1. The maximum atomic E-state index is 11.9. The van der Waals surface area contributed by atoms with Crippen LogP contribution in [0.25, 0.3) is 0 Å². The molecule has 3 N–H and O–H groups in total. The molecule has 0 bridgehead atoms. The van der Waals surface area contributed by atoms with Crippen LogP contribution in [-0.2, 0) is 14.6 Å². The third-order valence-electron chi connectivity index (χ3n) is 2.39. The molecule has 0 aliphatic heterocycles. The number of hydrogen-bond donors (Lipinski definition) is 2. The van der Waals surface area contributed by atoms with E-state index in [2.05, 4.69) is 5.32 Å². The molecule has 8 heteroatoms. The molecular weight excluding hydrogens is 320 g/mol. The standard InChI is InChI=1S/C12H11ClN2O3S2/c13-9-6-8(14)3-4-10(9)15-11(16)7-20(17,18)12-2-1-5-19-12/h1-6H,7,14H2,(H,15,16). The Hall–Kier alpha value is -1.57. The molecule has 0 fully saturated rings. The molecule has 2 aromatic rings. The van der Waals surface area contributed by atoms with Crippen LogP contribution in [0.15, 0.2) is 39.9 Å². The van der Waals surface area contributed by atoms with E-state index in [4.69, 9.17) is 17.3 Å². The van der Waals surface area contributed by atoms with Crippen molar-refractivity contribution in [3.05, 3.63) is 40.7 Å². The first-order chi connectivity index (χ1) is 9.38. The lowest BCUT2D eigenvalue weighted by Crippen LogP contribution is -2.22. The molecule has 106 valence electrons. The minimum atomic E-state index is -3.62. The van der Waals surface area contributed by atoms with E-state index < -0.39 is 21.5 Å². The van der Waals surface area contributed by atoms with Crippen molar-refractivity contribution < 1.29 is 13.2 Å². The number of benzene rings is 1. The van der Waals surface area contributed by atoms with Gasteiger partial charge in [0.15, 0.2) is 9.84 Å². The lowest BCUT2D eigenvalue weighted by atomic mass is 10.3. The van der Waals surface area contributed by atoms with Gasteiger partial charge in [-0.1, -0.05) is 17.7 Å². The average molecular weight is 331 g/mol. The van der Waals surface area contributed by atoms with E-state index >= 15 is 0 Å². The van der Waals surface area contributed by atoms with E-state index in [-0.39, 0.29) is 9.23 Å². The molecule has 2 rings (SSSR count). The van der Waals surface area contributed by atoms with Crippen molar-refractivity contribution in [2.24, 2.45) is 0 Å². The van der Waals surface area contributed by atoms with Gasteiger partial charge in [0.25, 0.3) is 0 Å². The zero-order valence-corrected chi connectivity index (χ0v) is 12.6. The van der Waals surface area contributed by atoms with Gasteiger partial charge >= 0.3 is 0 Å². The van der Waals surface area contributed by atoms with Crippen LogP contribution in [0.4, 0.5) is 11.4 Å². The van der Waals surface area contributed by atoms with Gasteiger partial charge in [0, 0.05) is 5.69 Å². The fraction of sp³-hybridized carbons (Fsp3) is 0.0833. The van der Waals surface area contributed by atoms with E-state index in [0.717, 1.165) is 11.3 Å². The Morgan fingerprint density at radius 2 is 2.10 bits per heavy atom. The van der Waals surface area contributed by atoms with E-state index in [0.29, 0.717) is 11.4 Å². The Bertz CT molecular complexity index is 727. The van der Waals surface area contributed by atoms with Crippen molar-refractivity contribution in [2.75, 3.05) is 16.8 Å². The number of anilines is 2. The third kappa shape index (κ3) is 3.50. The number of rotatable bonds is 4. The summed E-state index contributed by atoms with van der Waals surface area (Å²) in [5.41, 5.74) is 6.32. The molecule has 1 amide bonds. The number of nitrogen functional groups attached to an aromatic ring is 1. The average Bonchev–Trinajstić information content (AvgIpc) is 2.86. The largest absolute Gasteiger partial charge is 0.399 e. The summed E-state index contributed by atoms with van der Waals surface area (Å²) in [6.45, 7) is 0. The van der Waals surface area contributed by atoms with Crippen molar-refractivity contribution in [1.29, 1.82) is 0 Å². The first kappa shape index (κ1) is 14.8. The van der Waals surface area contributed by atoms with E-state index in [1.807, 2.05) is 0 Å². The fourth-order valence-electron chi connectivity index (χ4n) is 1.50. The molecule has 0 atom stereocenters. The third-order valence-corrected chi connectivity index (χ3v) is 5.81. The van der Waals surface area contributed by atoms with Crippen LogP contribution >= 0.6 is 22.9 Å². The molecule has 0 unspecified atom stereocenters. The summed E-state index contributed by atoms with van der Waals surface area (Å²) in [6.07, 6.45) is 0. The van der Waals surface area contributed by atoms with Gasteiger partial charge in [-0.05, 0) is 29.6 Å². The normalized spacial score (nSPS) is 11.2. The number of hydrogen-bond acceptors (Lipinski definition) is 5. The first-order valence-electron chi connectivity index (χ1n) is 5.49. The summed E-state index contributed by atoms with van der Waals surface area (Å²) in [6, 6.07) is 7.64. The zero-order valence-electron chi connectivity index (χ0n) is 10.2. The molecule has 0 spiro atoms. The Labute approximate surface area is 125 Å². The number of amides is 1. The summed E-state index contributed by atoms with van der Waals surface area (Å²) in [5, 5.41) is 4.35. The molecule has 1 aromatic heterocycles. The number of nitrogens with one attached hydrogen (secondary N) is 1. The maximum Gasteiger partial charge on any atom is 0.240 e. The Kier molecular flexibility index (Phi) is 4.32. The van der Waals surface area contributed by atoms with Crippen LogP contribution in [0.1, 0.15) is 0 Å². The van der Waals surface area contributed by atoms with Crippen molar-refractivity contribution in [3.63, 3.8) is 0 Å². The minimum absolute atomic E-state index is 0.163. The maximum absolute atomic E-state index is 11.9.